The Morgan fingerprint density at radius 1 is 1.32 bits per heavy atom. The standard InChI is InChI=1S/C12H9ClN4O2/c13-11-14-6-7-2-1-3-8(10(7)16-11)17-5-4-9(18)15-12(17)19/h1-3,6H,4-5H2,(H,15,18,19). The van der Waals surface area contributed by atoms with E-state index >= 15 is 0 Å². The van der Waals surface area contributed by atoms with Crippen LogP contribution in [-0.4, -0.2) is 28.5 Å². The molecule has 2 aromatic rings. The summed E-state index contributed by atoms with van der Waals surface area (Å²) in [5.74, 6) is -0.269. The molecule has 96 valence electrons. The van der Waals surface area contributed by atoms with Crippen molar-refractivity contribution in [3.63, 3.8) is 0 Å². The molecule has 0 radical (unpaired) electrons. The number of imide groups is 1. The third kappa shape index (κ3) is 2.10. The van der Waals surface area contributed by atoms with Crippen LogP contribution in [0.3, 0.4) is 0 Å². The number of halogens is 1. The van der Waals surface area contributed by atoms with Gasteiger partial charge in [0.1, 0.15) is 0 Å². The quantitative estimate of drug-likeness (QED) is 0.805. The van der Waals surface area contributed by atoms with Crippen LogP contribution in [0.5, 0.6) is 0 Å². The summed E-state index contributed by atoms with van der Waals surface area (Å²) in [5.41, 5.74) is 1.21. The van der Waals surface area contributed by atoms with Crippen LogP contribution in [0.15, 0.2) is 24.4 Å². The van der Waals surface area contributed by atoms with E-state index in [1.807, 2.05) is 6.07 Å². The Hall–Kier alpha value is -2.21. The monoisotopic (exact) mass is 276 g/mol. The number of carbonyl (C=O) groups is 2. The molecule has 0 spiro atoms. The van der Waals surface area contributed by atoms with Gasteiger partial charge in [0, 0.05) is 24.5 Å². The molecule has 0 unspecified atom stereocenters. The molecule has 1 aliphatic rings. The van der Waals surface area contributed by atoms with E-state index in [0.29, 0.717) is 17.7 Å². The van der Waals surface area contributed by atoms with Gasteiger partial charge >= 0.3 is 6.03 Å². The van der Waals surface area contributed by atoms with Gasteiger partial charge in [0.05, 0.1) is 11.2 Å². The minimum absolute atomic E-state index is 0.119. The molecule has 2 heterocycles. The first kappa shape index (κ1) is 11.9. The van der Waals surface area contributed by atoms with Crippen molar-refractivity contribution in [3.05, 3.63) is 29.7 Å². The first-order valence-electron chi connectivity index (χ1n) is 5.68. The van der Waals surface area contributed by atoms with Crippen LogP contribution < -0.4 is 10.2 Å². The number of carbonyl (C=O) groups excluding carboxylic acids is 2. The maximum absolute atomic E-state index is 11.9. The third-order valence-corrected chi connectivity index (χ3v) is 3.09. The normalized spacial score (nSPS) is 15.7. The predicted octanol–water partition coefficient (Wildman–Crippen LogP) is 1.73. The molecule has 0 aliphatic carbocycles. The lowest BCUT2D eigenvalue weighted by Gasteiger charge is -2.27. The number of nitrogens with zero attached hydrogens (tertiary/aromatic N) is 3. The smallest absolute Gasteiger partial charge is 0.291 e. The maximum atomic E-state index is 11.9. The number of nitrogens with one attached hydrogen (secondary N) is 1. The average molecular weight is 277 g/mol. The maximum Gasteiger partial charge on any atom is 0.328 e. The van der Waals surface area contributed by atoms with Gasteiger partial charge in [-0.3, -0.25) is 15.0 Å². The van der Waals surface area contributed by atoms with Crippen molar-refractivity contribution >= 4 is 40.1 Å². The molecule has 0 bridgehead atoms. The Morgan fingerprint density at radius 3 is 2.95 bits per heavy atom. The number of amides is 3. The molecule has 1 saturated heterocycles. The van der Waals surface area contributed by atoms with Crippen LogP contribution in [0, 0.1) is 0 Å². The van der Waals surface area contributed by atoms with E-state index in [1.54, 1.807) is 18.3 Å². The van der Waals surface area contributed by atoms with Gasteiger partial charge in [-0.1, -0.05) is 12.1 Å². The number of anilines is 1. The Labute approximate surface area is 113 Å². The van der Waals surface area contributed by atoms with Crippen LogP contribution in [0.1, 0.15) is 6.42 Å². The highest BCUT2D eigenvalue weighted by molar-refractivity contribution is 6.28. The van der Waals surface area contributed by atoms with Crippen molar-refractivity contribution < 1.29 is 9.59 Å². The van der Waals surface area contributed by atoms with E-state index in [9.17, 15) is 9.59 Å². The van der Waals surface area contributed by atoms with Crippen molar-refractivity contribution in [1.29, 1.82) is 0 Å². The van der Waals surface area contributed by atoms with Crippen molar-refractivity contribution in [2.75, 3.05) is 11.4 Å². The van der Waals surface area contributed by atoms with Crippen molar-refractivity contribution in [1.82, 2.24) is 15.3 Å². The highest BCUT2D eigenvalue weighted by atomic mass is 35.5. The molecular formula is C12H9ClN4O2. The molecule has 1 aromatic heterocycles. The predicted molar refractivity (Wildman–Crippen MR) is 70.0 cm³/mol. The molecule has 0 atom stereocenters. The number of fused-ring (bicyclic) bond motifs is 1. The van der Waals surface area contributed by atoms with Crippen molar-refractivity contribution in [2.45, 2.75) is 6.42 Å². The van der Waals surface area contributed by atoms with Crippen LogP contribution in [-0.2, 0) is 4.79 Å². The van der Waals surface area contributed by atoms with Crippen LogP contribution in [0.4, 0.5) is 10.5 Å². The molecular weight excluding hydrogens is 268 g/mol. The summed E-state index contributed by atoms with van der Waals surface area (Å²) < 4.78 is 0. The van der Waals surface area contributed by atoms with E-state index in [4.69, 9.17) is 11.6 Å². The lowest BCUT2D eigenvalue weighted by Crippen LogP contribution is -2.49. The van der Waals surface area contributed by atoms with Gasteiger partial charge in [-0.05, 0) is 17.7 Å². The van der Waals surface area contributed by atoms with E-state index in [0.717, 1.165) is 5.39 Å². The molecule has 1 N–H and O–H groups in total. The number of aromatic nitrogens is 2. The summed E-state index contributed by atoms with van der Waals surface area (Å²) in [5, 5.41) is 3.18. The summed E-state index contributed by atoms with van der Waals surface area (Å²) in [6.07, 6.45) is 1.86. The molecule has 0 saturated carbocycles. The number of urea groups is 1. The largest absolute Gasteiger partial charge is 0.328 e. The number of hydrogen-bond donors (Lipinski definition) is 1. The fourth-order valence-electron chi connectivity index (χ4n) is 2.03. The highest BCUT2D eigenvalue weighted by Crippen LogP contribution is 2.26. The van der Waals surface area contributed by atoms with Gasteiger partial charge in [0.2, 0.25) is 11.2 Å². The molecule has 3 rings (SSSR count). The number of para-hydroxylation sites is 1. The summed E-state index contributed by atoms with van der Waals surface area (Å²) >= 11 is 5.79. The zero-order chi connectivity index (χ0) is 13.4. The first-order chi connectivity index (χ1) is 9.15. The van der Waals surface area contributed by atoms with E-state index in [1.165, 1.54) is 4.90 Å². The Bertz CT molecular complexity index is 688. The molecule has 1 aliphatic heterocycles. The molecule has 19 heavy (non-hydrogen) atoms. The topological polar surface area (TPSA) is 75.2 Å². The Kier molecular flexibility index (Phi) is 2.79. The molecule has 3 amide bonds. The van der Waals surface area contributed by atoms with Gasteiger partial charge < -0.3 is 0 Å². The lowest BCUT2D eigenvalue weighted by atomic mass is 10.2. The van der Waals surface area contributed by atoms with Crippen molar-refractivity contribution in [3.8, 4) is 0 Å². The van der Waals surface area contributed by atoms with Gasteiger partial charge in [-0.25, -0.2) is 14.8 Å². The van der Waals surface area contributed by atoms with Crippen LogP contribution >= 0.6 is 11.6 Å². The second-order valence-corrected chi connectivity index (χ2v) is 4.45. The number of hydrogen-bond acceptors (Lipinski definition) is 4. The fourth-order valence-corrected chi connectivity index (χ4v) is 2.16. The Morgan fingerprint density at radius 2 is 2.16 bits per heavy atom. The number of benzene rings is 1. The zero-order valence-electron chi connectivity index (χ0n) is 9.76. The zero-order valence-corrected chi connectivity index (χ0v) is 10.5. The third-order valence-electron chi connectivity index (χ3n) is 2.90. The van der Waals surface area contributed by atoms with Gasteiger partial charge in [0.25, 0.3) is 0 Å². The Balaban J connectivity index is 2.12. The lowest BCUT2D eigenvalue weighted by molar-refractivity contribution is -0.120. The van der Waals surface area contributed by atoms with E-state index in [2.05, 4.69) is 15.3 Å². The van der Waals surface area contributed by atoms with Crippen LogP contribution in [0.25, 0.3) is 10.9 Å². The summed E-state index contributed by atoms with van der Waals surface area (Å²) in [6, 6.07) is 4.96. The summed E-state index contributed by atoms with van der Waals surface area (Å²) in [6.45, 7) is 0.325. The second-order valence-electron chi connectivity index (χ2n) is 4.11. The number of rotatable bonds is 1. The summed E-state index contributed by atoms with van der Waals surface area (Å²) in [7, 11) is 0. The average Bonchev–Trinajstić information content (AvgIpc) is 2.38. The van der Waals surface area contributed by atoms with E-state index < -0.39 is 6.03 Å². The first-order valence-corrected chi connectivity index (χ1v) is 6.05. The highest BCUT2D eigenvalue weighted by Gasteiger charge is 2.25. The second kappa shape index (κ2) is 4.47. The van der Waals surface area contributed by atoms with Crippen LogP contribution in [0.2, 0.25) is 5.28 Å². The summed E-state index contributed by atoms with van der Waals surface area (Å²) in [4.78, 5) is 32.6. The SMILES string of the molecule is O=C1CCN(c2cccc3cnc(Cl)nc23)C(=O)N1. The van der Waals surface area contributed by atoms with Crippen molar-refractivity contribution in [2.24, 2.45) is 0 Å². The van der Waals surface area contributed by atoms with Gasteiger partial charge in [0.15, 0.2) is 0 Å². The molecule has 6 nitrogen and oxygen atoms in total. The van der Waals surface area contributed by atoms with E-state index in [-0.39, 0.29) is 17.6 Å². The minimum Gasteiger partial charge on any atom is -0.291 e. The minimum atomic E-state index is -0.446. The van der Waals surface area contributed by atoms with Gasteiger partial charge in [-0.2, -0.15) is 0 Å². The molecule has 7 heteroatoms. The van der Waals surface area contributed by atoms with Gasteiger partial charge in [-0.15, -0.1) is 0 Å². The molecule has 1 fully saturated rings. The fraction of sp³-hybridized carbons (Fsp3) is 0.167. The molecule has 1 aromatic carbocycles.